The maximum Gasteiger partial charge on any atom is 0.408 e. The van der Waals surface area contributed by atoms with E-state index in [1.807, 2.05) is 32.0 Å². The molecule has 0 spiro atoms. The molecular weight excluding hydrogens is 458 g/mol. The van der Waals surface area contributed by atoms with Gasteiger partial charge in [-0.25, -0.2) is 4.79 Å². The van der Waals surface area contributed by atoms with Crippen LogP contribution in [0, 0.1) is 19.8 Å². The number of nitrogens with one attached hydrogen (secondary N) is 2. The molecule has 2 atom stereocenters. The fraction of sp³-hybridized carbons (Fsp3) is 0.464. The number of benzene rings is 2. The standard InChI is InChI=1S/C28H39N3O5/c1-9-31(26(34)22(17(2)3)30-27(35)36-28(6,7)8)24(20-15-10-11-16-21(20)32)25(33)29-23-18(4)13-12-14-19(23)5/h10-17,22,24,32H,9H2,1-8H3,(H,29,33)(H,30,35). The quantitative estimate of drug-likeness (QED) is 0.471. The molecule has 196 valence electrons. The van der Waals surface area contributed by atoms with E-state index in [-0.39, 0.29) is 23.8 Å². The van der Waals surface area contributed by atoms with Gasteiger partial charge in [0, 0.05) is 17.8 Å². The van der Waals surface area contributed by atoms with Gasteiger partial charge >= 0.3 is 6.09 Å². The van der Waals surface area contributed by atoms with Crippen LogP contribution in [0.15, 0.2) is 42.5 Å². The third-order valence-corrected chi connectivity index (χ3v) is 5.75. The van der Waals surface area contributed by atoms with Crippen molar-refractivity contribution in [2.45, 2.75) is 73.1 Å². The second kappa shape index (κ2) is 11.9. The lowest BCUT2D eigenvalue weighted by Gasteiger charge is -2.35. The molecule has 3 amide bonds. The molecule has 0 heterocycles. The van der Waals surface area contributed by atoms with Gasteiger partial charge in [-0.15, -0.1) is 0 Å². The smallest absolute Gasteiger partial charge is 0.408 e. The Bertz CT molecular complexity index is 1070. The van der Waals surface area contributed by atoms with Crippen LogP contribution in [0.2, 0.25) is 0 Å². The SMILES string of the molecule is CCN(C(=O)C(NC(=O)OC(C)(C)C)C(C)C)C(C(=O)Nc1c(C)cccc1C)c1ccccc1O. The van der Waals surface area contributed by atoms with Crippen molar-refractivity contribution in [1.29, 1.82) is 0 Å². The van der Waals surface area contributed by atoms with Crippen LogP contribution in [0.5, 0.6) is 5.75 Å². The van der Waals surface area contributed by atoms with E-state index in [4.69, 9.17) is 4.74 Å². The minimum Gasteiger partial charge on any atom is -0.508 e. The fourth-order valence-electron chi connectivity index (χ4n) is 3.96. The lowest BCUT2D eigenvalue weighted by molar-refractivity contribution is -0.141. The van der Waals surface area contributed by atoms with Gasteiger partial charge in [-0.1, -0.05) is 50.2 Å². The minimum absolute atomic E-state index is 0.105. The average molecular weight is 498 g/mol. The molecule has 8 heteroatoms. The first-order chi connectivity index (χ1) is 16.8. The van der Waals surface area contributed by atoms with E-state index < -0.39 is 35.6 Å². The third-order valence-electron chi connectivity index (χ3n) is 5.75. The number of ether oxygens (including phenoxy) is 1. The summed E-state index contributed by atoms with van der Waals surface area (Å²) in [4.78, 5) is 41.5. The lowest BCUT2D eigenvalue weighted by atomic mass is 9.98. The van der Waals surface area contributed by atoms with Gasteiger partial charge in [0.05, 0.1) is 0 Å². The maximum absolute atomic E-state index is 13.8. The Kier molecular flexibility index (Phi) is 9.50. The zero-order valence-corrected chi connectivity index (χ0v) is 22.5. The zero-order chi connectivity index (χ0) is 27.2. The van der Waals surface area contributed by atoms with Gasteiger partial charge in [-0.3, -0.25) is 9.59 Å². The second-order valence-electron chi connectivity index (χ2n) is 10.2. The monoisotopic (exact) mass is 497 g/mol. The zero-order valence-electron chi connectivity index (χ0n) is 22.5. The molecule has 3 N–H and O–H groups in total. The summed E-state index contributed by atoms with van der Waals surface area (Å²) in [5.74, 6) is -1.32. The van der Waals surface area contributed by atoms with Crippen LogP contribution < -0.4 is 10.6 Å². The summed E-state index contributed by atoms with van der Waals surface area (Å²) in [5.41, 5.74) is 1.96. The molecule has 2 unspecified atom stereocenters. The van der Waals surface area contributed by atoms with Crippen LogP contribution in [0.1, 0.15) is 64.3 Å². The number of phenolic OH excluding ortho intramolecular Hbond substituents is 1. The molecule has 8 nitrogen and oxygen atoms in total. The Balaban J connectivity index is 2.50. The van der Waals surface area contributed by atoms with Crippen LogP contribution in [0.3, 0.4) is 0 Å². The molecule has 0 fully saturated rings. The Morgan fingerprint density at radius 3 is 2.08 bits per heavy atom. The van der Waals surface area contributed by atoms with E-state index in [0.717, 1.165) is 11.1 Å². The molecule has 0 aliphatic rings. The van der Waals surface area contributed by atoms with Crippen molar-refractivity contribution in [2.75, 3.05) is 11.9 Å². The van der Waals surface area contributed by atoms with Gasteiger partial charge in [0.2, 0.25) is 5.91 Å². The second-order valence-corrected chi connectivity index (χ2v) is 10.2. The summed E-state index contributed by atoms with van der Waals surface area (Å²) in [6, 6.07) is 10.0. The van der Waals surface area contributed by atoms with Crippen LogP contribution in [0.25, 0.3) is 0 Å². The normalized spacial score (nSPS) is 13.0. The molecule has 0 saturated carbocycles. The number of carbonyl (C=O) groups excluding carboxylic acids is 3. The van der Waals surface area contributed by atoms with Crippen molar-refractivity contribution < 1.29 is 24.2 Å². The van der Waals surface area contributed by atoms with E-state index in [0.29, 0.717) is 5.69 Å². The number of aryl methyl sites for hydroxylation is 2. The highest BCUT2D eigenvalue weighted by molar-refractivity contribution is 6.00. The molecule has 0 radical (unpaired) electrons. The molecule has 2 rings (SSSR count). The number of rotatable bonds is 8. The molecule has 0 aliphatic carbocycles. The molecule has 2 aromatic rings. The minimum atomic E-state index is -1.13. The molecule has 0 saturated heterocycles. The fourth-order valence-corrected chi connectivity index (χ4v) is 3.96. The number of anilines is 1. The Morgan fingerprint density at radius 1 is 1.00 bits per heavy atom. The first-order valence-electron chi connectivity index (χ1n) is 12.2. The van der Waals surface area contributed by atoms with Crippen molar-refractivity contribution in [2.24, 2.45) is 5.92 Å². The number of carbonyl (C=O) groups is 3. The highest BCUT2D eigenvalue weighted by atomic mass is 16.6. The predicted octanol–water partition coefficient (Wildman–Crippen LogP) is 5.09. The average Bonchev–Trinajstić information content (AvgIpc) is 2.77. The van der Waals surface area contributed by atoms with Crippen LogP contribution in [-0.4, -0.2) is 46.1 Å². The first kappa shape index (κ1) is 28.7. The summed E-state index contributed by atoms with van der Waals surface area (Å²) in [6.07, 6.45) is -0.718. The topological polar surface area (TPSA) is 108 Å². The number of para-hydroxylation sites is 2. The molecule has 0 aliphatic heterocycles. The number of hydrogen-bond acceptors (Lipinski definition) is 5. The van der Waals surface area contributed by atoms with Crippen molar-refractivity contribution in [3.8, 4) is 5.75 Å². The molecule has 36 heavy (non-hydrogen) atoms. The van der Waals surface area contributed by atoms with Gasteiger partial charge in [0.15, 0.2) is 0 Å². The Morgan fingerprint density at radius 2 is 1.58 bits per heavy atom. The van der Waals surface area contributed by atoms with E-state index in [9.17, 15) is 19.5 Å². The van der Waals surface area contributed by atoms with Crippen molar-refractivity contribution in [3.05, 3.63) is 59.2 Å². The number of nitrogens with zero attached hydrogens (tertiary/aromatic N) is 1. The van der Waals surface area contributed by atoms with E-state index in [1.165, 1.54) is 11.0 Å². The summed E-state index contributed by atoms with van der Waals surface area (Å²) in [5, 5.41) is 16.3. The van der Waals surface area contributed by atoms with Gasteiger partial charge in [0.1, 0.15) is 23.4 Å². The van der Waals surface area contributed by atoms with E-state index >= 15 is 0 Å². The van der Waals surface area contributed by atoms with E-state index in [2.05, 4.69) is 10.6 Å². The number of alkyl carbamates (subject to hydrolysis) is 1. The van der Waals surface area contributed by atoms with Gasteiger partial charge < -0.3 is 25.4 Å². The van der Waals surface area contributed by atoms with Crippen LogP contribution in [0.4, 0.5) is 10.5 Å². The number of phenols is 1. The summed E-state index contributed by atoms with van der Waals surface area (Å²) >= 11 is 0. The molecular formula is C28H39N3O5. The Hall–Kier alpha value is -3.55. The number of hydrogen-bond donors (Lipinski definition) is 3. The largest absolute Gasteiger partial charge is 0.508 e. The lowest BCUT2D eigenvalue weighted by Crippen LogP contribution is -2.54. The molecule has 0 bridgehead atoms. The summed E-state index contributed by atoms with van der Waals surface area (Å²) in [7, 11) is 0. The van der Waals surface area contributed by atoms with Crippen molar-refractivity contribution in [3.63, 3.8) is 0 Å². The molecule has 2 aromatic carbocycles. The highest BCUT2D eigenvalue weighted by Gasteiger charge is 2.38. The van der Waals surface area contributed by atoms with Crippen molar-refractivity contribution in [1.82, 2.24) is 10.2 Å². The summed E-state index contributed by atoms with van der Waals surface area (Å²) in [6.45, 7) is 14.5. The Labute approximate surface area is 214 Å². The van der Waals surface area contributed by atoms with E-state index in [1.54, 1.807) is 59.7 Å². The van der Waals surface area contributed by atoms with Crippen LogP contribution >= 0.6 is 0 Å². The number of amides is 3. The van der Waals surface area contributed by atoms with Gasteiger partial charge in [0.25, 0.3) is 5.91 Å². The van der Waals surface area contributed by atoms with Gasteiger partial charge in [-0.05, 0) is 64.7 Å². The van der Waals surface area contributed by atoms with Crippen LogP contribution in [-0.2, 0) is 14.3 Å². The number of likely N-dealkylation sites (N-methyl/N-ethyl adjacent to an activating group) is 1. The predicted molar refractivity (Wildman–Crippen MR) is 141 cm³/mol. The number of aromatic hydroxyl groups is 1. The highest BCUT2D eigenvalue weighted by Crippen LogP contribution is 2.32. The molecule has 0 aromatic heterocycles. The van der Waals surface area contributed by atoms with Crippen molar-refractivity contribution >= 4 is 23.6 Å². The maximum atomic E-state index is 13.8. The summed E-state index contributed by atoms with van der Waals surface area (Å²) < 4.78 is 5.36. The third kappa shape index (κ3) is 7.23. The first-order valence-corrected chi connectivity index (χ1v) is 12.2. The van der Waals surface area contributed by atoms with Gasteiger partial charge in [-0.2, -0.15) is 0 Å².